The Bertz CT molecular complexity index is 299. The highest BCUT2D eigenvalue weighted by Gasteiger charge is 2.00. The van der Waals surface area contributed by atoms with Crippen molar-refractivity contribution in [2.24, 2.45) is 0 Å². The van der Waals surface area contributed by atoms with Gasteiger partial charge in [-0.15, -0.1) is 0 Å². The summed E-state index contributed by atoms with van der Waals surface area (Å²) in [5.74, 6) is 0.315. The van der Waals surface area contributed by atoms with E-state index < -0.39 is 0 Å². The summed E-state index contributed by atoms with van der Waals surface area (Å²) in [6.07, 6.45) is 0. The third-order valence-electron chi connectivity index (χ3n) is 1.40. The van der Waals surface area contributed by atoms with Crippen LogP contribution in [0.25, 0.3) is 0 Å². The van der Waals surface area contributed by atoms with Crippen LogP contribution in [0.3, 0.4) is 0 Å². The van der Waals surface area contributed by atoms with Crippen molar-refractivity contribution in [1.29, 1.82) is 0 Å². The molecular weight excluding hydrogens is 250 g/mol. The zero-order valence-corrected chi connectivity index (χ0v) is 9.21. The molecule has 0 atom stereocenters. The average Bonchev–Trinajstić information content (AvgIpc) is 2.17. The Morgan fingerprint density at radius 3 is 2.64 bits per heavy atom. The van der Waals surface area contributed by atoms with E-state index in [4.69, 9.17) is 4.74 Å². The molecule has 1 amide bonds. The highest BCUT2D eigenvalue weighted by molar-refractivity contribution is 9.10. The van der Waals surface area contributed by atoms with Crippen LogP contribution in [-0.4, -0.2) is 19.6 Å². The van der Waals surface area contributed by atoms with Crippen molar-refractivity contribution in [3.8, 4) is 5.75 Å². The van der Waals surface area contributed by atoms with Gasteiger partial charge in [0.25, 0.3) is 5.91 Å². The maximum atomic E-state index is 10.9. The van der Waals surface area contributed by atoms with Crippen molar-refractivity contribution in [2.75, 3.05) is 13.7 Å². The molecule has 76 valence electrons. The molecule has 0 unspecified atom stereocenters. The van der Waals surface area contributed by atoms with Gasteiger partial charge < -0.3 is 4.74 Å². The minimum absolute atomic E-state index is 0.0600. The quantitative estimate of drug-likeness (QED) is 0.834. The summed E-state index contributed by atoms with van der Waals surface area (Å²) in [4.78, 5) is 15.3. The van der Waals surface area contributed by atoms with Gasteiger partial charge >= 0.3 is 0 Å². The predicted octanol–water partition coefficient (Wildman–Crippen LogP) is 1.51. The smallest absolute Gasteiger partial charge is 0.281 e. The first-order valence-electron chi connectivity index (χ1n) is 3.92. The zero-order valence-electron chi connectivity index (χ0n) is 7.62. The van der Waals surface area contributed by atoms with E-state index in [2.05, 4.69) is 26.2 Å². The minimum Gasteiger partial charge on any atom is -0.484 e. The lowest BCUT2D eigenvalue weighted by Crippen LogP contribution is -2.27. The van der Waals surface area contributed by atoms with Gasteiger partial charge in [0.2, 0.25) is 0 Å². The fraction of sp³-hybridized carbons (Fsp3) is 0.222. The molecule has 1 N–H and O–H groups in total. The number of nitrogens with one attached hydrogen (secondary N) is 1. The number of carbonyl (C=O) groups is 1. The van der Waals surface area contributed by atoms with E-state index in [-0.39, 0.29) is 12.5 Å². The second-order valence-electron chi connectivity index (χ2n) is 2.47. The Kier molecular flexibility index (Phi) is 4.42. The van der Waals surface area contributed by atoms with Crippen LogP contribution in [0, 0.1) is 0 Å². The summed E-state index contributed by atoms with van der Waals surface area (Å²) in [6.45, 7) is -0.0600. The summed E-state index contributed by atoms with van der Waals surface area (Å²) >= 11 is 3.30. The maximum Gasteiger partial charge on any atom is 0.281 e. The second kappa shape index (κ2) is 5.62. The fourth-order valence-corrected chi connectivity index (χ4v) is 1.09. The molecule has 1 aromatic rings. The van der Waals surface area contributed by atoms with Gasteiger partial charge in [-0.1, -0.05) is 15.9 Å². The standard InChI is InChI=1S/C9H10BrNO3/c1-13-11-9(12)6-14-8-4-2-7(10)3-5-8/h2-5H,6H2,1H3,(H,11,12). The van der Waals surface area contributed by atoms with Crippen molar-refractivity contribution in [2.45, 2.75) is 0 Å². The van der Waals surface area contributed by atoms with Crippen molar-refractivity contribution in [1.82, 2.24) is 5.48 Å². The van der Waals surface area contributed by atoms with Crippen LogP contribution >= 0.6 is 15.9 Å². The Morgan fingerprint density at radius 1 is 1.43 bits per heavy atom. The largest absolute Gasteiger partial charge is 0.484 e. The molecule has 0 fully saturated rings. The fourth-order valence-electron chi connectivity index (χ4n) is 0.823. The van der Waals surface area contributed by atoms with Gasteiger partial charge in [0.05, 0.1) is 7.11 Å². The van der Waals surface area contributed by atoms with Crippen LogP contribution in [0.2, 0.25) is 0 Å². The number of rotatable bonds is 4. The first-order chi connectivity index (χ1) is 6.72. The van der Waals surface area contributed by atoms with E-state index in [1.54, 1.807) is 12.1 Å². The monoisotopic (exact) mass is 259 g/mol. The lowest BCUT2D eigenvalue weighted by molar-refractivity contribution is -0.133. The van der Waals surface area contributed by atoms with Gasteiger partial charge in [0, 0.05) is 4.47 Å². The minimum atomic E-state index is -0.324. The third kappa shape index (κ3) is 3.76. The van der Waals surface area contributed by atoms with Gasteiger partial charge in [0.15, 0.2) is 6.61 Å². The van der Waals surface area contributed by atoms with Crippen LogP contribution in [0.15, 0.2) is 28.7 Å². The maximum absolute atomic E-state index is 10.9. The molecule has 0 aliphatic heterocycles. The number of ether oxygens (including phenoxy) is 1. The van der Waals surface area contributed by atoms with Gasteiger partial charge in [-0.2, -0.15) is 0 Å². The lowest BCUT2D eigenvalue weighted by atomic mass is 10.3. The topological polar surface area (TPSA) is 47.6 Å². The molecule has 0 aromatic heterocycles. The summed E-state index contributed by atoms with van der Waals surface area (Å²) in [6, 6.07) is 7.21. The average molecular weight is 260 g/mol. The summed E-state index contributed by atoms with van der Waals surface area (Å²) in [5.41, 5.74) is 2.15. The Balaban J connectivity index is 2.38. The van der Waals surface area contributed by atoms with E-state index in [9.17, 15) is 4.79 Å². The summed E-state index contributed by atoms with van der Waals surface area (Å²) in [7, 11) is 1.37. The molecule has 4 nitrogen and oxygen atoms in total. The second-order valence-corrected chi connectivity index (χ2v) is 3.39. The summed E-state index contributed by atoms with van der Waals surface area (Å²) < 4.78 is 6.13. The van der Waals surface area contributed by atoms with Crippen LogP contribution in [0.1, 0.15) is 0 Å². The Hall–Kier alpha value is -1.07. The van der Waals surface area contributed by atoms with Gasteiger partial charge in [-0.05, 0) is 24.3 Å². The molecule has 0 bridgehead atoms. The molecular formula is C9H10BrNO3. The van der Waals surface area contributed by atoms with Crippen LogP contribution in [0.5, 0.6) is 5.75 Å². The van der Waals surface area contributed by atoms with Crippen molar-refractivity contribution in [3.05, 3.63) is 28.7 Å². The molecule has 0 heterocycles. The number of hydroxylamine groups is 1. The number of carbonyl (C=O) groups excluding carboxylic acids is 1. The highest BCUT2D eigenvalue weighted by atomic mass is 79.9. The number of halogens is 1. The molecule has 1 rings (SSSR count). The van der Waals surface area contributed by atoms with Crippen LogP contribution < -0.4 is 10.2 Å². The Morgan fingerprint density at radius 2 is 2.07 bits per heavy atom. The van der Waals surface area contributed by atoms with Crippen LogP contribution in [0.4, 0.5) is 0 Å². The molecule has 0 radical (unpaired) electrons. The van der Waals surface area contributed by atoms with Crippen molar-refractivity contribution < 1.29 is 14.4 Å². The normalized spacial score (nSPS) is 9.57. The molecule has 1 aromatic carbocycles. The van der Waals surface area contributed by atoms with Crippen molar-refractivity contribution >= 4 is 21.8 Å². The van der Waals surface area contributed by atoms with Crippen molar-refractivity contribution in [3.63, 3.8) is 0 Å². The highest BCUT2D eigenvalue weighted by Crippen LogP contribution is 2.15. The van der Waals surface area contributed by atoms with E-state index in [1.807, 2.05) is 12.1 Å². The van der Waals surface area contributed by atoms with E-state index in [0.717, 1.165) is 4.47 Å². The SMILES string of the molecule is CONC(=O)COc1ccc(Br)cc1. The van der Waals surface area contributed by atoms with E-state index in [0.29, 0.717) is 5.75 Å². The molecule has 0 aliphatic rings. The first kappa shape index (κ1) is 11.0. The summed E-state index contributed by atoms with van der Waals surface area (Å²) in [5, 5.41) is 0. The molecule has 0 spiro atoms. The molecule has 0 saturated carbocycles. The van der Waals surface area contributed by atoms with Gasteiger partial charge in [-0.25, -0.2) is 5.48 Å². The first-order valence-corrected chi connectivity index (χ1v) is 4.72. The number of amides is 1. The van der Waals surface area contributed by atoms with E-state index in [1.165, 1.54) is 7.11 Å². The van der Waals surface area contributed by atoms with Gasteiger partial charge in [-0.3, -0.25) is 9.63 Å². The predicted molar refractivity (Wildman–Crippen MR) is 54.8 cm³/mol. The Labute approximate surface area is 90.3 Å². The number of hydrogen-bond donors (Lipinski definition) is 1. The number of benzene rings is 1. The van der Waals surface area contributed by atoms with E-state index >= 15 is 0 Å². The van der Waals surface area contributed by atoms with Crippen LogP contribution in [-0.2, 0) is 9.63 Å². The third-order valence-corrected chi connectivity index (χ3v) is 1.93. The number of hydrogen-bond acceptors (Lipinski definition) is 3. The molecule has 14 heavy (non-hydrogen) atoms. The van der Waals surface area contributed by atoms with Gasteiger partial charge in [0.1, 0.15) is 5.75 Å². The molecule has 5 heteroatoms. The molecule has 0 aliphatic carbocycles. The molecule has 0 saturated heterocycles. The zero-order chi connectivity index (χ0) is 10.4. The lowest BCUT2D eigenvalue weighted by Gasteiger charge is -2.05.